The van der Waals surface area contributed by atoms with Gasteiger partial charge in [0.05, 0.1) is 0 Å². The summed E-state index contributed by atoms with van der Waals surface area (Å²) in [5, 5.41) is 0. The molecule has 0 nitrogen and oxygen atoms in total. The van der Waals surface area contributed by atoms with Crippen LogP contribution in [0.3, 0.4) is 0 Å². The Morgan fingerprint density at radius 2 is 1.18 bits per heavy atom. The zero-order valence-electron chi connectivity index (χ0n) is 7.52. The van der Waals surface area contributed by atoms with E-state index < -0.39 is 19.8 Å². The van der Waals surface area contributed by atoms with E-state index in [-0.39, 0.29) is 0 Å². The first-order chi connectivity index (χ1) is 5.45. The van der Waals surface area contributed by atoms with Crippen LogP contribution < -0.4 is 0 Å². The summed E-state index contributed by atoms with van der Waals surface area (Å²) in [6.07, 6.45) is 9.70. The Morgan fingerprint density at radius 3 is 1.64 bits per heavy atom. The second-order valence-corrected chi connectivity index (χ2v) is 14.4. The minimum atomic E-state index is -0.820. The number of rotatable bonds is 0. The molecule has 0 atom stereocenters. The normalized spacial score (nSPS) is 39.3. The van der Waals surface area contributed by atoms with Crippen LogP contribution in [0, 0.1) is 5.92 Å². The molecule has 11 heavy (non-hydrogen) atoms. The van der Waals surface area contributed by atoms with Gasteiger partial charge in [0.25, 0.3) is 0 Å². The van der Waals surface area contributed by atoms with Gasteiger partial charge in [0, 0.05) is 0 Å². The molecular weight excluding hydrogens is 239 g/mol. The molecule has 64 valence electrons. The average molecular weight is 259 g/mol. The van der Waals surface area contributed by atoms with E-state index in [0.717, 1.165) is 5.92 Å². The maximum absolute atomic E-state index is 1.76. The molecule has 0 aromatic carbocycles. The van der Waals surface area contributed by atoms with Crippen molar-refractivity contribution >= 4 is 19.8 Å². The second-order valence-electron chi connectivity index (χ2n) is 4.52. The Morgan fingerprint density at radius 1 is 0.727 bits per heavy atom. The van der Waals surface area contributed by atoms with Crippen LogP contribution in [-0.4, -0.2) is 19.8 Å². The van der Waals surface area contributed by atoms with Crippen molar-refractivity contribution in [3.8, 4) is 0 Å². The monoisotopic (exact) mass is 260 g/mol. The Labute approximate surface area is 77.5 Å². The summed E-state index contributed by atoms with van der Waals surface area (Å²) in [4.78, 5) is 0. The summed E-state index contributed by atoms with van der Waals surface area (Å²) in [5.41, 5.74) is 0. The zero-order chi connectivity index (χ0) is 7.52. The SMILES string of the molecule is C1CC2CC[CH2][SnH]([CH2]1)[CH2]CC2. The quantitative estimate of drug-likeness (QED) is 0.586. The summed E-state index contributed by atoms with van der Waals surface area (Å²) < 4.78 is 5.29. The minimum absolute atomic E-state index is 0.820. The summed E-state index contributed by atoms with van der Waals surface area (Å²) in [6, 6.07) is 0. The van der Waals surface area contributed by atoms with Crippen molar-refractivity contribution in [3.05, 3.63) is 0 Å². The fourth-order valence-electron chi connectivity index (χ4n) is 2.95. The Balaban J connectivity index is 1.96. The fraction of sp³-hybridized carbons (Fsp3) is 1.00. The molecule has 1 heteroatoms. The molecule has 3 aliphatic heterocycles. The van der Waals surface area contributed by atoms with Crippen LogP contribution in [0.25, 0.3) is 0 Å². The molecule has 0 N–H and O–H groups in total. The molecule has 3 saturated heterocycles. The van der Waals surface area contributed by atoms with Gasteiger partial charge in [-0.05, 0) is 0 Å². The number of hydrogen-bond acceptors (Lipinski definition) is 0. The van der Waals surface area contributed by atoms with Crippen molar-refractivity contribution in [2.45, 2.75) is 51.8 Å². The fourth-order valence-corrected chi connectivity index (χ4v) is 12.4. The standard InChI is InChI=1S/C10H19.Sn.H/c1-4-7-10(8-5-2)9-6-3;;/h10H,1-9H2;;. The van der Waals surface area contributed by atoms with Gasteiger partial charge in [-0.3, -0.25) is 0 Å². The third kappa shape index (κ3) is 2.37. The molecule has 0 amide bonds. The Hall–Kier alpha value is 0.799. The van der Waals surface area contributed by atoms with Crippen molar-refractivity contribution in [1.82, 2.24) is 0 Å². The van der Waals surface area contributed by atoms with Gasteiger partial charge >= 0.3 is 77.5 Å². The second kappa shape index (κ2) is 4.15. The number of hydrogen-bond donors (Lipinski definition) is 0. The van der Waals surface area contributed by atoms with Crippen LogP contribution in [0.15, 0.2) is 0 Å². The van der Waals surface area contributed by atoms with E-state index in [1.165, 1.54) is 0 Å². The van der Waals surface area contributed by atoms with Crippen LogP contribution in [0.1, 0.15) is 38.5 Å². The van der Waals surface area contributed by atoms with E-state index in [9.17, 15) is 0 Å². The van der Waals surface area contributed by atoms with Crippen molar-refractivity contribution in [2.24, 2.45) is 5.92 Å². The van der Waals surface area contributed by atoms with Gasteiger partial charge in [0.15, 0.2) is 0 Å². The summed E-state index contributed by atoms with van der Waals surface area (Å²) in [7, 11) is 0. The average Bonchev–Trinajstić information content (AvgIpc) is 1.80. The Bertz CT molecular complexity index is 86.3. The van der Waals surface area contributed by atoms with Gasteiger partial charge in [-0.15, -0.1) is 0 Å². The van der Waals surface area contributed by atoms with Gasteiger partial charge in [-0.1, -0.05) is 0 Å². The molecule has 0 aromatic rings. The van der Waals surface area contributed by atoms with E-state index in [2.05, 4.69) is 0 Å². The van der Waals surface area contributed by atoms with Crippen molar-refractivity contribution in [2.75, 3.05) is 0 Å². The molecule has 3 rings (SSSR count). The van der Waals surface area contributed by atoms with E-state index >= 15 is 0 Å². The first-order valence-electron chi connectivity index (χ1n) is 5.45. The number of fused-ring (bicyclic) bond motifs is 6. The molecule has 2 bridgehead atoms. The molecule has 0 radical (unpaired) electrons. The zero-order valence-corrected chi connectivity index (χ0v) is 10.8. The predicted molar refractivity (Wildman–Crippen MR) is 52.8 cm³/mol. The topological polar surface area (TPSA) is 0 Å². The third-order valence-electron chi connectivity index (χ3n) is 3.67. The van der Waals surface area contributed by atoms with Crippen LogP contribution in [-0.2, 0) is 0 Å². The van der Waals surface area contributed by atoms with Crippen LogP contribution in [0.2, 0.25) is 13.3 Å². The summed E-state index contributed by atoms with van der Waals surface area (Å²) >= 11 is -0.820. The maximum atomic E-state index is 1.76. The van der Waals surface area contributed by atoms with E-state index in [0.29, 0.717) is 0 Å². The first-order valence-corrected chi connectivity index (χ1v) is 12.4. The molecule has 0 aromatic heterocycles. The van der Waals surface area contributed by atoms with Gasteiger partial charge in [-0.25, -0.2) is 0 Å². The van der Waals surface area contributed by atoms with Gasteiger partial charge in [0.2, 0.25) is 0 Å². The molecule has 3 aliphatic rings. The van der Waals surface area contributed by atoms with Crippen LogP contribution in [0.4, 0.5) is 0 Å². The third-order valence-corrected chi connectivity index (χ3v) is 14.2. The molecular formula is C10H20Sn. The van der Waals surface area contributed by atoms with E-state index in [1.54, 1.807) is 51.8 Å². The van der Waals surface area contributed by atoms with Crippen molar-refractivity contribution in [3.63, 3.8) is 0 Å². The van der Waals surface area contributed by atoms with Gasteiger partial charge in [0.1, 0.15) is 0 Å². The molecule has 0 aliphatic carbocycles. The molecule has 0 saturated carbocycles. The van der Waals surface area contributed by atoms with Crippen LogP contribution in [0.5, 0.6) is 0 Å². The van der Waals surface area contributed by atoms with Crippen molar-refractivity contribution in [1.29, 1.82) is 0 Å². The molecule has 0 unspecified atom stereocenters. The first kappa shape index (κ1) is 8.40. The van der Waals surface area contributed by atoms with Gasteiger partial charge in [-0.2, -0.15) is 0 Å². The van der Waals surface area contributed by atoms with E-state index in [4.69, 9.17) is 0 Å². The molecule has 3 fully saturated rings. The van der Waals surface area contributed by atoms with Crippen molar-refractivity contribution < 1.29 is 0 Å². The predicted octanol–water partition coefficient (Wildman–Crippen LogP) is 3.20. The summed E-state index contributed by atoms with van der Waals surface area (Å²) in [6.45, 7) is 0. The molecule has 0 spiro atoms. The summed E-state index contributed by atoms with van der Waals surface area (Å²) in [5.74, 6) is 1.16. The van der Waals surface area contributed by atoms with Crippen LogP contribution >= 0.6 is 0 Å². The Kier molecular flexibility index (Phi) is 3.17. The van der Waals surface area contributed by atoms with E-state index in [1.807, 2.05) is 0 Å². The molecule has 3 heterocycles. The van der Waals surface area contributed by atoms with Gasteiger partial charge < -0.3 is 0 Å².